The molecular formula is C12H12N6O2S. The molecule has 2 heterocycles. The van der Waals surface area contributed by atoms with Crippen LogP contribution < -0.4 is 9.03 Å². The van der Waals surface area contributed by atoms with Crippen molar-refractivity contribution in [1.82, 2.24) is 24.7 Å². The summed E-state index contributed by atoms with van der Waals surface area (Å²) in [5.74, 6) is 0.144. The van der Waals surface area contributed by atoms with Gasteiger partial charge < -0.3 is 4.98 Å². The Morgan fingerprint density at radius 2 is 2.00 bits per heavy atom. The summed E-state index contributed by atoms with van der Waals surface area (Å²) >= 11 is 0. The fourth-order valence-corrected chi connectivity index (χ4v) is 2.77. The molecule has 0 fully saturated rings. The Morgan fingerprint density at radius 1 is 1.24 bits per heavy atom. The summed E-state index contributed by atoms with van der Waals surface area (Å²) in [6.45, 7) is 0. The van der Waals surface area contributed by atoms with Gasteiger partial charge in [-0.1, -0.05) is 18.2 Å². The topological polar surface area (TPSA) is 104 Å². The van der Waals surface area contributed by atoms with Crippen molar-refractivity contribution in [2.75, 3.05) is 11.4 Å². The van der Waals surface area contributed by atoms with E-state index in [0.717, 1.165) is 4.31 Å². The van der Waals surface area contributed by atoms with Crippen LogP contribution in [0, 0.1) is 0 Å². The van der Waals surface area contributed by atoms with Crippen molar-refractivity contribution in [3.8, 4) is 0 Å². The van der Waals surface area contributed by atoms with Crippen LogP contribution in [0.3, 0.4) is 0 Å². The normalized spacial score (nSPS) is 11.7. The maximum absolute atomic E-state index is 12.3. The van der Waals surface area contributed by atoms with Crippen LogP contribution in [-0.4, -0.2) is 35.4 Å². The second-order valence-corrected chi connectivity index (χ2v) is 5.85. The largest absolute Gasteiger partial charge is 0.320 e. The number of nitrogens with one attached hydrogen (secondary N) is 2. The predicted molar refractivity (Wildman–Crippen MR) is 78.2 cm³/mol. The van der Waals surface area contributed by atoms with E-state index in [1.807, 2.05) is 0 Å². The van der Waals surface area contributed by atoms with Gasteiger partial charge >= 0.3 is 10.2 Å². The molecule has 2 N–H and O–H groups in total. The maximum atomic E-state index is 12.3. The predicted octanol–water partition coefficient (Wildman–Crippen LogP) is 0.955. The Kier molecular flexibility index (Phi) is 3.28. The second kappa shape index (κ2) is 5.11. The third-order valence-electron chi connectivity index (χ3n) is 2.83. The van der Waals surface area contributed by atoms with Gasteiger partial charge in [-0.15, -0.1) is 0 Å². The number of hydrogen-bond acceptors (Lipinski definition) is 5. The molecule has 0 aliphatic rings. The third-order valence-corrected chi connectivity index (χ3v) is 4.21. The lowest BCUT2D eigenvalue weighted by Crippen LogP contribution is -2.36. The van der Waals surface area contributed by atoms with E-state index < -0.39 is 10.2 Å². The molecule has 8 nitrogen and oxygen atoms in total. The molecule has 0 bridgehead atoms. The van der Waals surface area contributed by atoms with Gasteiger partial charge in [0.05, 0.1) is 11.9 Å². The van der Waals surface area contributed by atoms with E-state index in [1.165, 1.54) is 19.6 Å². The average molecular weight is 304 g/mol. The van der Waals surface area contributed by atoms with Crippen LogP contribution in [0.1, 0.15) is 0 Å². The zero-order chi connectivity index (χ0) is 14.9. The highest BCUT2D eigenvalue weighted by atomic mass is 32.2. The van der Waals surface area contributed by atoms with E-state index in [4.69, 9.17) is 0 Å². The van der Waals surface area contributed by atoms with Gasteiger partial charge in [0.1, 0.15) is 11.8 Å². The zero-order valence-electron chi connectivity index (χ0n) is 11.1. The van der Waals surface area contributed by atoms with Crippen LogP contribution in [0.25, 0.3) is 11.2 Å². The molecule has 0 unspecified atom stereocenters. The quantitative estimate of drug-likeness (QED) is 0.747. The smallest absolute Gasteiger partial charge is 0.308 e. The molecule has 0 saturated carbocycles. The number of fused-ring (bicyclic) bond motifs is 1. The first-order valence-electron chi connectivity index (χ1n) is 6.06. The average Bonchev–Trinajstić information content (AvgIpc) is 2.91. The first kappa shape index (κ1) is 13.5. The van der Waals surface area contributed by atoms with E-state index in [1.54, 1.807) is 30.3 Å². The monoisotopic (exact) mass is 304 g/mol. The number of aromatic nitrogens is 4. The number of H-pyrrole nitrogens is 1. The molecule has 0 amide bonds. The lowest BCUT2D eigenvalue weighted by atomic mass is 10.3. The molecule has 0 aliphatic heterocycles. The number of aromatic amines is 1. The van der Waals surface area contributed by atoms with E-state index >= 15 is 0 Å². The zero-order valence-corrected chi connectivity index (χ0v) is 11.9. The van der Waals surface area contributed by atoms with Crippen molar-refractivity contribution in [3.05, 3.63) is 42.9 Å². The maximum Gasteiger partial charge on any atom is 0.308 e. The van der Waals surface area contributed by atoms with Crippen molar-refractivity contribution in [1.29, 1.82) is 0 Å². The van der Waals surface area contributed by atoms with Crippen molar-refractivity contribution in [3.63, 3.8) is 0 Å². The van der Waals surface area contributed by atoms with Gasteiger partial charge in [0.15, 0.2) is 5.65 Å². The summed E-state index contributed by atoms with van der Waals surface area (Å²) in [4.78, 5) is 15.0. The lowest BCUT2D eigenvalue weighted by Gasteiger charge is -2.20. The van der Waals surface area contributed by atoms with Gasteiger partial charge in [-0.25, -0.2) is 14.7 Å². The highest BCUT2D eigenvalue weighted by molar-refractivity contribution is 7.91. The number of benzene rings is 1. The van der Waals surface area contributed by atoms with Gasteiger partial charge in [-0.05, 0) is 12.1 Å². The first-order chi connectivity index (χ1) is 10.1. The van der Waals surface area contributed by atoms with Crippen LogP contribution in [0.4, 0.5) is 11.6 Å². The SMILES string of the molecule is CNS(=O)(=O)N(c1ccccc1)c1nc2ncncc2[nH]1. The molecule has 0 atom stereocenters. The summed E-state index contributed by atoms with van der Waals surface area (Å²) in [6, 6.07) is 8.64. The van der Waals surface area contributed by atoms with Crippen molar-refractivity contribution >= 4 is 33.0 Å². The summed E-state index contributed by atoms with van der Waals surface area (Å²) < 4.78 is 28.0. The molecule has 2 aromatic heterocycles. The second-order valence-electron chi connectivity index (χ2n) is 4.13. The fraction of sp³-hybridized carbons (Fsp3) is 0.0833. The van der Waals surface area contributed by atoms with Crippen LogP contribution in [0.2, 0.25) is 0 Å². The van der Waals surface area contributed by atoms with Crippen molar-refractivity contribution in [2.45, 2.75) is 0 Å². The lowest BCUT2D eigenvalue weighted by molar-refractivity contribution is 0.588. The van der Waals surface area contributed by atoms with Gasteiger partial charge in [0.25, 0.3) is 0 Å². The Morgan fingerprint density at radius 3 is 2.67 bits per heavy atom. The number of para-hydroxylation sites is 1. The Bertz CT molecular complexity index is 829. The van der Waals surface area contributed by atoms with Gasteiger partial charge in [0, 0.05) is 7.05 Å². The standard InChI is InChI=1S/C12H12N6O2S/c1-13-21(19,20)18(9-5-3-2-4-6-9)12-16-10-7-14-8-15-11(10)17-12/h2-8,13H,1H3,(H,14,15,16,17). The number of rotatable bonds is 4. The minimum absolute atomic E-state index is 0.144. The fourth-order valence-electron chi connectivity index (χ4n) is 1.87. The molecule has 21 heavy (non-hydrogen) atoms. The van der Waals surface area contributed by atoms with Crippen LogP contribution in [0.5, 0.6) is 0 Å². The minimum atomic E-state index is -3.77. The van der Waals surface area contributed by atoms with Crippen molar-refractivity contribution in [2.24, 2.45) is 0 Å². The highest BCUT2D eigenvalue weighted by Gasteiger charge is 2.25. The van der Waals surface area contributed by atoms with E-state index in [9.17, 15) is 8.42 Å². The highest BCUT2D eigenvalue weighted by Crippen LogP contribution is 2.26. The van der Waals surface area contributed by atoms with Gasteiger partial charge in [-0.3, -0.25) is 0 Å². The molecule has 0 radical (unpaired) electrons. The van der Waals surface area contributed by atoms with Crippen LogP contribution >= 0.6 is 0 Å². The molecule has 108 valence electrons. The number of imidazole rings is 1. The molecule has 1 aromatic carbocycles. The minimum Gasteiger partial charge on any atom is -0.320 e. The van der Waals surface area contributed by atoms with Gasteiger partial charge in [0.2, 0.25) is 5.95 Å². The van der Waals surface area contributed by atoms with E-state index in [-0.39, 0.29) is 5.95 Å². The number of anilines is 2. The molecular weight excluding hydrogens is 292 g/mol. The third kappa shape index (κ3) is 2.43. The molecule has 3 aromatic rings. The summed E-state index contributed by atoms with van der Waals surface area (Å²) in [6.07, 6.45) is 2.89. The molecule has 0 aliphatic carbocycles. The molecule has 3 rings (SSSR count). The van der Waals surface area contributed by atoms with E-state index in [2.05, 4.69) is 24.7 Å². The summed E-state index contributed by atoms with van der Waals surface area (Å²) in [5, 5.41) is 0. The van der Waals surface area contributed by atoms with E-state index in [0.29, 0.717) is 16.9 Å². The van der Waals surface area contributed by atoms with Gasteiger partial charge in [-0.2, -0.15) is 17.7 Å². The summed E-state index contributed by atoms with van der Waals surface area (Å²) in [5.41, 5.74) is 1.41. The van der Waals surface area contributed by atoms with Crippen molar-refractivity contribution < 1.29 is 8.42 Å². The molecule has 0 saturated heterocycles. The number of hydrogen-bond donors (Lipinski definition) is 2. The molecule has 9 heteroatoms. The first-order valence-corrected chi connectivity index (χ1v) is 7.50. The molecule has 0 spiro atoms. The van der Waals surface area contributed by atoms with Crippen LogP contribution in [0.15, 0.2) is 42.9 Å². The number of nitrogens with zero attached hydrogens (tertiary/aromatic N) is 4. The Hall–Kier alpha value is -2.52. The Labute approximate surface area is 121 Å². The van der Waals surface area contributed by atoms with Crippen LogP contribution in [-0.2, 0) is 10.2 Å². The summed E-state index contributed by atoms with van der Waals surface area (Å²) in [7, 11) is -2.43. The Balaban J connectivity index is 2.20.